The van der Waals surface area contributed by atoms with Gasteiger partial charge in [-0.15, -0.1) is 0 Å². The molecule has 5 aromatic rings. The predicted octanol–water partition coefficient (Wildman–Crippen LogP) is 13.1. The van der Waals surface area contributed by atoms with E-state index in [1.807, 2.05) is 6.08 Å². The van der Waals surface area contributed by atoms with Crippen molar-refractivity contribution in [2.75, 3.05) is 0 Å². The molecule has 1 aliphatic rings. The molecule has 0 fully saturated rings. The van der Waals surface area contributed by atoms with Crippen LogP contribution in [0.2, 0.25) is 0 Å². The van der Waals surface area contributed by atoms with E-state index in [9.17, 15) is 0 Å². The van der Waals surface area contributed by atoms with Crippen LogP contribution in [0.5, 0.6) is 0 Å². The summed E-state index contributed by atoms with van der Waals surface area (Å²) in [5, 5.41) is 6.69. The lowest BCUT2D eigenvalue weighted by Crippen LogP contribution is -2.22. The zero-order valence-corrected chi connectivity index (χ0v) is 29.7. The van der Waals surface area contributed by atoms with Crippen LogP contribution >= 0.6 is 0 Å². The van der Waals surface area contributed by atoms with E-state index in [1.54, 1.807) is 0 Å². The van der Waals surface area contributed by atoms with Crippen LogP contribution < -0.4 is 5.22 Å². The van der Waals surface area contributed by atoms with Gasteiger partial charge in [0.2, 0.25) is 0 Å². The van der Waals surface area contributed by atoms with Gasteiger partial charge in [0, 0.05) is 5.41 Å². The molecule has 0 unspecified atom stereocenters. The Bertz CT molecular complexity index is 1760. The van der Waals surface area contributed by atoms with Gasteiger partial charge >= 0.3 is 0 Å². The Kier molecular flexibility index (Phi) is 10.8. The normalized spacial score (nSPS) is 13.7. The maximum atomic E-state index is 3.98. The molecule has 236 valence electrons. The zero-order chi connectivity index (χ0) is 32.9. The van der Waals surface area contributed by atoms with E-state index >= 15 is 0 Å². The Morgan fingerprint density at radius 1 is 0.711 bits per heavy atom. The highest BCUT2D eigenvalue weighted by Crippen LogP contribution is 2.52. The van der Waals surface area contributed by atoms with Crippen LogP contribution in [0.25, 0.3) is 44.8 Å². The molecule has 0 saturated carbocycles. The number of benzene rings is 5. The molecule has 0 nitrogen and oxygen atoms in total. The minimum absolute atomic E-state index is 0.243. The summed E-state index contributed by atoms with van der Waals surface area (Å²) in [5.41, 5.74) is 9.34. The van der Waals surface area contributed by atoms with Gasteiger partial charge < -0.3 is 0 Å². The summed E-state index contributed by atoms with van der Waals surface area (Å²) in [5.74, 6) is 1.35. The molecular formula is C45H56. The smallest absolute Gasteiger partial charge is 0.0210 e. The third-order valence-electron chi connectivity index (χ3n) is 11.0. The van der Waals surface area contributed by atoms with E-state index < -0.39 is 0 Å². The Labute approximate surface area is 274 Å². The van der Waals surface area contributed by atoms with Crippen molar-refractivity contribution in [1.29, 1.82) is 0 Å². The summed E-state index contributed by atoms with van der Waals surface area (Å²) in [6, 6.07) is 31.2. The first kappa shape index (κ1) is 34.2. The molecule has 0 saturated heterocycles. The Morgan fingerprint density at radius 2 is 1.27 bits per heavy atom. The summed E-state index contributed by atoms with van der Waals surface area (Å²) in [7, 11) is 0. The zero-order valence-electron chi connectivity index (χ0n) is 29.7. The van der Waals surface area contributed by atoms with Crippen molar-refractivity contribution in [2.45, 2.75) is 99.8 Å². The number of hydrogen-bond acceptors (Lipinski definition) is 0. The predicted molar refractivity (Wildman–Crippen MR) is 203 cm³/mol. The van der Waals surface area contributed by atoms with Gasteiger partial charge in [0.1, 0.15) is 0 Å². The van der Waals surface area contributed by atoms with E-state index in [0.29, 0.717) is 11.3 Å². The van der Waals surface area contributed by atoms with Gasteiger partial charge in [0.25, 0.3) is 0 Å². The molecule has 0 bridgehead atoms. The molecule has 5 aromatic carbocycles. The summed E-state index contributed by atoms with van der Waals surface area (Å²) >= 11 is 0. The van der Waals surface area contributed by atoms with Crippen molar-refractivity contribution in [3.05, 3.63) is 119 Å². The lowest BCUT2D eigenvalue weighted by atomic mass is 9.74. The van der Waals surface area contributed by atoms with Crippen LogP contribution in [0.4, 0.5) is 0 Å². The van der Waals surface area contributed by atoms with Crippen LogP contribution in [-0.2, 0) is 5.41 Å². The van der Waals surface area contributed by atoms with Crippen molar-refractivity contribution in [3.8, 4) is 11.1 Å². The van der Waals surface area contributed by atoms with Gasteiger partial charge in [-0.05, 0) is 97.2 Å². The van der Waals surface area contributed by atoms with Gasteiger partial charge in [-0.3, -0.25) is 0 Å². The lowest BCUT2D eigenvalue weighted by molar-refractivity contribution is 0.240. The molecule has 0 heterocycles. The second kappa shape index (κ2) is 14.2. The highest BCUT2D eigenvalue weighted by atomic mass is 14.4. The van der Waals surface area contributed by atoms with E-state index in [2.05, 4.69) is 167 Å². The third-order valence-corrected chi connectivity index (χ3v) is 11.0. The Hall–Kier alpha value is -3.64. The molecule has 0 amide bonds. The van der Waals surface area contributed by atoms with Crippen molar-refractivity contribution in [3.63, 3.8) is 0 Å². The summed E-state index contributed by atoms with van der Waals surface area (Å²) < 4.78 is 0. The first-order valence-corrected chi connectivity index (χ1v) is 17.3. The first-order valence-electron chi connectivity index (χ1n) is 17.3. The van der Waals surface area contributed by atoms with Gasteiger partial charge in [-0.25, -0.2) is 0 Å². The number of fused-ring (bicyclic) bond motifs is 3. The van der Waals surface area contributed by atoms with Crippen LogP contribution in [0.1, 0.15) is 117 Å². The number of hydrogen-bond donors (Lipinski definition) is 0. The van der Waals surface area contributed by atoms with Gasteiger partial charge in [-0.2, -0.15) is 0 Å². The minimum Gasteiger partial charge on any atom is -0.0984 e. The average Bonchev–Trinajstić information content (AvgIpc) is 3.35. The molecule has 0 N–H and O–H groups in total. The van der Waals surface area contributed by atoms with Crippen LogP contribution in [0, 0.1) is 11.3 Å². The molecule has 0 aromatic heterocycles. The van der Waals surface area contributed by atoms with Crippen LogP contribution in [0.15, 0.2) is 91.5 Å². The molecule has 0 atom stereocenters. The van der Waals surface area contributed by atoms with Crippen LogP contribution in [-0.4, -0.2) is 0 Å². The topological polar surface area (TPSA) is 0 Å². The first-order chi connectivity index (χ1) is 21.5. The fraction of sp³-hybridized carbons (Fsp3) is 0.378. The van der Waals surface area contributed by atoms with Gasteiger partial charge in [-0.1, -0.05) is 172 Å². The molecule has 45 heavy (non-hydrogen) atoms. The van der Waals surface area contributed by atoms with E-state index in [4.69, 9.17) is 0 Å². The molecule has 0 spiro atoms. The Balaban J connectivity index is 0.000000168. The second-order valence-corrected chi connectivity index (χ2v) is 14.0. The monoisotopic (exact) mass is 596 g/mol. The van der Waals surface area contributed by atoms with Gasteiger partial charge in [0.05, 0.1) is 0 Å². The minimum atomic E-state index is 0.243. The second-order valence-electron chi connectivity index (χ2n) is 14.0. The fourth-order valence-corrected chi connectivity index (χ4v) is 6.97. The van der Waals surface area contributed by atoms with Crippen LogP contribution in [0.3, 0.4) is 0 Å². The summed E-state index contributed by atoms with van der Waals surface area (Å²) in [6.45, 7) is 26.7. The maximum Gasteiger partial charge on any atom is 0.0210 e. The van der Waals surface area contributed by atoms with Crippen molar-refractivity contribution in [2.24, 2.45) is 11.3 Å². The highest BCUT2D eigenvalue weighted by molar-refractivity contribution is 6.14. The quantitative estimate of drug-likeness (QED) is 0.183. The number of rotatable bonds is 6. The molecular weight excluding hydrogens is 540 g/mol. The molecule has 0 heteroatoms. The van der Waals surface area contributed by atoms with E-state index in [-0.39, 0.29) is 5.41 Å². The van der Waals surface area contributed by atoms with Crippen molar-refractivity contribution in [1.82, 2.24) is 0 Å². The molecule has 1 aliphatic carbocycles. The highest BCUT2D eigenvalue weighted by Gasteiger charge is 2.39. The lowest BCUT2D eigenvalue weighted by Gasteiger charge is -2.29. The summed E-state index contributed by atoms with van der Waals surface area (Å²) in [4.78, 5) is 0. The maximum absolute atomic E-state index is 3.98. The SMILES string of the molecule is C=Cc1ccc2c(C(C)C)ccc3cc/c(=C/C)c1c32.CCC(C)(C)C(C)C.CCC1(CC)c2ccccc2-c2ccccc21. The Morgan fingerprint density at radius 3 is 1.71 bits per heavy atom. The molecule has 6 rings (SSSR count). The van der Waals surface area contributed by atoms with Crippen molar-refractivity contribution < 1.29 is 0 Å². The van der Waals surface area contributed by atoms with Crippen molar-refractivity contribution >= 4 is 33.7 Å². The third kappa shape index (κ3) is 6.40. The van der Waals surface area contributed by atoms with E-state index in [0.717, 1.165) is 5.92 Å². The molecule has 0 aliphatic heterocycles. The van der Waals surface area contributed by atoms with E-state index in [1.165, 1.54) is 79.4 Å². The standard InChI is InChI=1S/C20H20.C17H18.C8H18/c1-5-14-7-8-16-10-11-17(13(3)4)18-12-9-15(6-2)19(14)20(16)18;1-3-17(4-2)15-11-7-5-9-13(15)14-10-6-8-12-16(14)17;1-6-8(4,5)7(2)3/h5-13H,2H2,1,3-4H3;5-12H,3-4H2,1-2H3;7H,6H2,1-5H3/b14-5-;;. The fourth-order valence-electron chi connectivity index (χ4n) is 6.97. The molecule has 0 radical (unpaired) electrons. The largest absolute Gasteiger partial charge is 0.0984 e. The summed E-state index contributed by atoms with van der Waals surface area (Å²) in [6.07, 6.45) is 7.78. The van der Waals surface area contributed by atoms with Gasteiger partial charge in [0.15, 0.2) is 0 Å². The average molecular weight is 597 g/mol.